The van der Waals surface area contributed by atoms with E-state index in [1.807, 2.05) is 62.4 Å². The molecule has 3 rings (SSSR count). The molecule has 3 aromatic carbocycles. The van der Waals surface area contributed by atoms with Gasteiger partial charge in [-0.3, -0.25) is 4.79 Å². The first-order chi connectivity index (χ1) is 13.5. The van der Waals surface area contributed by atoms with Crippen molar-refractivity contribution in [2.45, 2.75) is 20.5 Å². The van der Waals surface area contributed by atoms with Crippen LogP contribution in [0.4, 0.5) is 5.69 Å². The molecule has 28 heavy (non-hydrogen) atoms. The van der Waals surface area contributed by atoms with Crippen LogP contribution in [0.15, 0.2) is 65.1 Å². The molecule has 0 bridgehead atoms. The lowest BCUT2D eigenvalue weighted by Gasteiger charge is -2.15. The van der Waals surface area contributed by atoms with Gasteiger partial charge in [-0.05, 0) is 64.7 Å². The first-order valence-electron chi connectivity index (χ1n) is 8.91. The Bertz CT molecular complexity index is 987. The normalized spacial score (nSPS) is 10.4. The Hall–Kier alpha value is -2.79. The van der Waals surface area contributed by atoms with Gasteiger partial charge in [0.15, 0.2) is 11.5 Å². The van der Waals surface area contributed by atoms with Crippen molar-refractivity contribution >= 4 is 27.5 Å². The van der Waals surface area contributed by atoms with Crippen molar-refractivity contribution in [3.63, 3.8) is 0 Å². The molecular formula is C23H22BrNO3. The third-order valence-electron chi connectivity index (χ3n) is 4.35. The lowest BCUT2D eigenvalue weighted by Crippen LogP contribution is -2.13. The molecule has 144 valence electrons. The van der Waals surface area contributed by atoms with E-state index >= 15 is 0 Å². The summed E-state index contributed by atoms with van der Waals surface area (Å²) in [6, 6.07) is 19.2. The first kappa shape index (κ1) is 20.0. The molecule has 0 radical (unpaired) electrons. The lowest BCUT2D eigenvalue weighted by atomic mass is 10.1. The highest BCUT2D eigenvalue weighted by Crippen LogP contribution is 2.37. The molecule has 1 N–H and O–H groups in total. The number of hydrogen-bond donors (Lipinski definition) is 1. The van der Waals surface area contributed by atoms with Crippen LogP contribution in [0, 0.1) is 13.8 Å². The van der Waals surface area contributed by atoms with Gasteiger partial charge in [0.2, 0.25) is 0 Å². The summed E-state index contributed by atoms with van der Waals surface area (Å²) < 4.78 is 12.1. The van der Waals surface area contributed by atoms with Gasteiger partial charge in [-0.2, -0.15) is 0 Å². The number of aryl methyl sites for hydroxylation is 2. The molecule has 5 heteroatoms. The number of halogens is 1. The van der Waals surface area contributed by atoms with Gasteiger partial charge in [0, 0.05) is 11.3 Å². The minimum atomic E-state index is -0.207. The number of carbonyl (C=O) groups is 1. The summed E-state index contributed by atoms with van der Waals surface area (Å²) in [7, 11) is 1.57. The van der Waals surface area contributed by atoms with Crippen LogP contribution < -0.4 is 14.8 Å². The second kappa shape index (κ2) is 8.93. The molecule has 0 saturated carbocycles. The van der Waals surface area contributed by atoms with Crippen molar-refractivity contribution in [1.29, 1.82) is 0 Å². The average molecular weight is 440 g/mol. The maximum absolute atomic E-state index is 12.8. The number of ether oxygens (including phenoxy) is 2. The molecule has 0 aliphatic rings. The topological polar surface area (TPSA) is 47.6 Å². The van der Waals surface area contributed by atoms with Crippen molar-refractivity contribution in [3.05, 3.63) is 87.4 Å². The van der Waals surface area contributed by atoms with Crippen LogP contribution in [0.2, 0.25) is 0 Å². The molecule has 0 aromatic heterocycles. The standard InChI is InChI=1S/C23H22BrNO3/c1-15-9-10-16(2)20(11-15)25-23(26)18-12-19(24)22(27-3)21(13-18)28-14-17-7-5-4-6-8-17/h4-13H,14H2,1-3H3,(H,25,26). The van der Waals surface area contributed by atoms with Crippen molar-refractivity contribution in [3.8, 4) is 11.5 Å². The Morgan fingerprint density at radius 2 is 1.79 bits per heavy atom. The highest BCUT2D eigenvalue weighted by atomic mass is 79.9. The first-order valence-corrected chi connectivity index (χ1v) is 9.70. The summed E-state index contributed by atoms with van der Waals surface area (Å²) >= 11 is 3.48. The third-order valence-corrected chi connectivity index (χ3v) is 4.94. The van der Waals surface area contributed by atoms with Gasteiger partial charge in [0.05, 0.1) is 11.6 Å². The number of amides is 1. The number of carbonyl (C=O) groups excluding carboxylic acids is 1. The summed E-state index contributed by atoms with van der Waals surface area (Å²) in [5.74, 6) is 0.854. The zero-order valence-electron chi connectivity index (χ0n) is 16.1. The number of rotatable bonds is 6. The Morgan fingerprint density at radius 1 is 1.04 bits per heavy atom. The van der Waals surface area contributed by atoms with Crippen LogP contribution in [0.25, 0.3) is 0 Å². The maximum atomic E-state index is 12.8. The van der Waals surface area contributed by atoms with Crippen LogP contribution in [0.3, 0.4) is 0 Å². The number of benzene rings is 3. The molecule has 0 heterocycles. The van der Waals surface area contributed by atoms with Gasteiger partial charge in [-0.25, -0.2) is 0 Å². The molecule has 0 spiro atoms. The van der Waals surface area contributed by atoms with E-state index in [0.717, 1.165) is 22.4 Å². The van der Waals surface area contributed by atoms with Crippen LogP contribution in [0.1, 0.15) is 27.0 Å². The minimum absolute atomic E-state index is 0.207. The highest BCUT2D eigenvalue weighted by Gasteiger charge is 2.16. The largest absolute Gasteiger partial charge is 0.492 e. The van der Waals surface area contributed by atoms with Crippen LogP contribution in [-0.2, 0) is 6.61 Å². The summed E-state index contributed by atoms with van der Waals surface area (Å²) in [4.78, 5) is 12.8. The second-order valence-corrected chi connectivity index (χ2v) is 7.39. The van der Waals surface area contributed by atoms with E-state index < -0.39 is 0 Å². The zero-order chi connectivity index (χ0) is 20.1. The molecule has 0 aliphatic heterocycles. The summed E-state index contributed by atoms with van der Waals surface area (Å²) in [5, 5.41) is 2.98. The van der Waals surface area contributed by atoms with Gasteiger partial charge in [0.1, 0.15) is 6.61 Å². The number of anilines is 1. The van der Waals surface area contributed by atoms with E-state index in [2.05, 4.69) is 21.2 Å². The summed E-state index contributed by atoms with van der Waals surface area (Å²) in [5.41, 5.74) is 4.40. The Morgan fingerprint density at radius 3 is 2.50 bits per heavy atom. The molecule has 0 saturated heterocycles. The minimum Gasteiger partial charge on any atom is -0.492 e. The Labute approximate surface area is 173 Å². The maximum Gasteiger partial charge on any atom is 0.255 e. The SMILES string of the molecule is COc1c(Br)cc(C(=O)Nc2cc(C)ccc2C)cc1OCc1ccccc1. The van der Waals surface area contributed by atoms with Gasteiger partial charge in [-0.15, -0.1) is 0 Å². The third kappa shape index (κ3) is 4.73. The smallest absolute Gasteiger partial charge is 0.255 e. The van der Waals surface area contributed by atoms with Crippen molar-refractivity contribution in [2.24, 2.45) is 0 Å². The fourth-order valence-corrected chi connectivity index (χ4v) is 3.41. The van der Waals surface area contributed by atoms with Crippen molar-refractivity contribution in [2.75, 3.05) is 12.4 Å². The molecular weight excluding hydrogens is 418 g/mol. The zero-order valence-corrected chi connectivity index (χ0v) is 17.7. The van der Waals surface area contributed by atoms with Gasteiger partial charge < -0.3 is 14.8 Å². The van der Waals surface area contributed by atoms with Gasteiger partial charge >= 0.3 is 0 Å². The Balaban J connectivity index is 1.85. The molecule has 1 amide bonds. The highest BCUT2D eigenvalue weighted by molar-refractivity contribution is 9.10. The second-order valence-electron chi connectivity index (χ2n) is 6.54. The van der Waals surface area contributed by atoms with E-state index in [0.29, 0.717) is 28.1 Å². The fourth-order valence-electron chi connectivity index (χ4n) is 2.80. The van der Waals surface area contributed by atoms with E-state index in [-0.39, 0.29) is 5.91 Å². The van der Waals surface area contributed by atoms with Crippen molar-refractivity contribution < 1.29 is 14.3 Å². The molecule has 0 atom stereocenters. The van der Waals surface area contributed by atoms with Crippen LogP contribution >= 0.6 is 15.9 Å². The number of methoxy groups -OCH3 is 1. The van der Waals surface area contributed by atoms with E-state index in [9.17, 15) is 4.79 Å². The number of hydrogen-bond acceptors (Lipinski definition) is 3. The monoisotopic (exact) mass is 439 g/mol. The summed E-state index contributed by atoms with van der Waals surface area (Å²) in [6.07, 6.45) is 0. The molecule has 4 nitrogen and oxygen atoms in total. The van der Waals surface area contributed by atoms with Gasteiger partial charge in [-0.1, -0.05) is 42.5 Å². The fraction of sp³-hybridized carbons (Fsp3) is 0.174. The van der Waals surface area contributed by atoms with Crippen molar-refractivity contribution in [1.82, 2.24) is 0 Å². The number of nitrogens with one attached hydrogen (secondary N) is 1. The molecule has 3 aromatic rings. The summed E-state index contributed by atoms with van der Waals surface area (Å²) in [6.45, 7) is 4.34. The Kier molecular flexibility index (Phi) is 6.37. The van der Waals surface area contributed by atoms with E-state index in [4.69, 9.17) is 9.47 Å². The lowest BCUT2D eigenvalue weighted by molar-refractivity contribution is 0.102. The molecule has 0 fully saturated rings. The van der Waals surface area contributed by atoms with E-state index in [1.54, 1.807) is 19.2 Å². The van der Waals surface area contributed by atoms with Crippen LogP contribution in [0.5, 0.6) is 11.5 Å². The van der Waals surface area contributed by atoms with E-state index in [1.165, 1.54) is 0 Å². The average Bonchev–Trinajstić information content (AvgIpc) is 2.69. The van der Waals surface area contributed by atoms with Crippen LogP contribution in [-0.4, -0.2) is 13.0 Å². The van der Waals surface area contributed by atoms with Gasteiger partial charge in [0.25, 0.3) is 5.91 Å². The predicted octanol–water partition coefficient (Wildman–Crippen LogP) is 5.91. The predicted molar refractivity (Wildman–Crippen MR) is 115 cm³/mol. The molecule has 0 unspecified atom stereocenters. The quantitative estimate of drug-likeness (QED) is 0.519. The molecule has 0 aliphatic carbocycles.